The molecule has 0 atom stereocenters. The maximum atomic E-state index is 12.6. The van der Waals surface area contributed by atoms with E-state index in [-0.39, 0.29) is 18.8 Å². The van der Waals surface area contributed by atoms with E-state index in [9.17, 15) is 14.0 Å². The van der Waals surface area contributed by atoms with E-state index in [1.807, 2.05) is 0 Å². The lowest BCUT2D eigenvalue weighted by Crippen LogP contribution is -2.33. The minimum absolute atomic E-state index is 0.113. The second-order valence-corrected chi connectivity index (χ2v) is 3.50. The number of benzene rings is 1. The number of nitrogens with one attached hydrogen (secondary N) is 1. The van der Waals surface area contributed by atoms with Crippen molar-refractivity contribution in [2.45, 2.75) is 6.42 Å². The zero-order valence-electron chi connectivity index (χ0n) is 9.31. The van der Waals surface area contributed by atoms with Crippen LogP contribution in [0.2, 0.25) is 0 Å². The van der Waals surface area contributed by atoms with Crippen molar-refractivity contribution in [1.29, 1.82) is 0 Å². The Hall–Kier alpha value is -2.11. The molecule has 5 nitrogen and oxygen atoms in total. The summed E-state index contributed by atoms with van der Waals surface area (Å²) < 4.78 is 12.6. The van der Waals surface area contributed by atoms with Crippen molar-refractivity contribution in [2.75, 3.05) is 18.9 Å². The third-order valence-electron chi connectivity index (χ3n) is 2.10. The van der Waals surface area contributed by atoms with Crippen molar-refractivity contribution in [2.24, 2.45) is 0 Å². The fraction of sp³-hybridized carbons (Fsp3) is 0.273. The van der Waals surface area contributed by atoms with E-state index < -0.39 is 12.0 Å². The third kappa shape index (κ3) is 4.50. The van der Waals surface area contributed by atoms with Crippen LogP contribution in [0.3, 0.4) is 0 Å². The first-order valence-electron chi connectivity index (χ1n) is 4.98. The van der Waals surface area contributed by atoms with Gasteiger partial charge in [0.25, 0.3) is 0 Å². The maximum Gasteiger partial charge on any atom is 0.321 e. The largest absolute Gasteiger partial charge is 0.481 e. The molecule has 6 heteroatoms. The molecule has 0 aromatic heterocycles. The molecule has 92 valence electrons. The molecule has 0 radical (unpaired) electrons. The van der Waals surface area contributed by atoms with E-state index in [1.54, 1.807) is 0 Å². The predicted molar refractivity (Wildman–Crippen MR) is 60.3 cm³/mol. The fourth-order valence-electron chi connectivity index (χ4n) is 1.12. The van der Waals surface area contributed by atoms with Crippen LogP contribution >= 0.6 is 0 Å². The first-order chi connectivity index (χ1) is 7.99. The van der Waals surface area contributed by atoms with Gasteiger partial charge in [0.15, 0.2) is 0 Å². The average Bonchev–Trinajstić information content (AvgIpc) is 2.28. The van der Waals surface area contributed by atoms with Gasteiger partial charge in [-0.25, -0.2) is 9.18 Å². The summed E-state index contributed by atoms with van der Waals surface area (Å²) >= 11 is 0. The summed E-state index contributed by atoms with van der Waals surface area (Å²) in [6.45, 7) is 0.113. The molecule has 1 aromatic carbocycles. The third-order valence-corrected chi connectivity index (χ3v) is 2.10. The number of hydrogen-bond acceptors (Lipinski definition) is 2. The van der Waals surface area contributed by atoms with Gasteiger partial charge < -0.3 is 15.3 Å². The smallest absolute Gasteiger partial charge is 0.321 e. The van der Waals surface area contributed by atoms with Crippen LogP contribution < -0.4 is 5.32 Å². The average molecular weight is 240 g/mol. The first kappa shape index (κ1) is 13.0. The van der Waals surface area contributed by atoms with Gasteiger partial charge in [-0.05, 0) is 24.3 Å². The Morgan fingerprint density at radius 1 is 1.35 bits per heavy atom. The van der Waals surface area contributed by atoms with Gasteiger partial charge in [-0.2, -0.15) is 0 Å². The van der Waals surface area contributed by atoms with Gasteiger partial charge in [0.05, 0.1) is 6.42 Å². The molecule has 0 aliphatic rings. The Balaban J connectivity index is 2.48. The van der Waals surface area contributed by atoms with E-state index in [0.29, 0.717) is 5.69 Å². The quantitative estimate of drug-likeness (QED) is 0.842. The van der Waals surface area contributed by atoms with Crippen LogP contribution in [0.25, 0.3) is 0 Å². The molecule has 0 spiro atoms. The molecule has 0 unspecified atom stereocenters. The van der Waals surface area contributed by atoms with E-state index in [2.05, 4.69) is 5.32 Å². The number of urea groups is 1. The van der Waals surface area contributed by atoms with Gasteiger partial charge >= 0.3 is 12.0 Å². The maximum absolute atomic E-state index is 12.6. The summed E-state index contributed by atoms with van der Waals surface area (Å²) in [6, 6.07) is 4.88. The number of anilines is 1. The first-order valence-corrected chi connectivity index (χ1v) is 4.98. The Morgan fingerprint density at radius 3 is 2.47 bits per heavy atom. The Labute approximate surface area is 97.8 Å². The number of carboxylic acid groups (broad SMARTS) is 1. The van der Waals surface area contributed by atoms with Crippen molar-refractivity contribution in [3.8, 4) is 0 Å². The number of amides is 2. The van der Waals surface area contributed by atoms with Crippen molar-refractivity contribution in [3.63, 3.8) is 0 Å². The predicted octanol–water partition coefficient (Wildman–Crippen LogP) is 1.76. The van der Waals surface area contributed by atoms with E-state index >= 15 is 0 Å². The number of carboxylic acids is 1. The highest BCUT2D eigenvalue weighted by atomic mass is 19.1. The molecular formula is C11H13FN2O3. The molecule has 2 N–H and O–H groups in total. The number of rotatable bonds is 4. The topological polar surface area (TPSA) is 69.6 Å². The zero-order chi connectivity index (χ0) is 12.8. The Bertz CT molecular complexity index is 406. The van der Waals surface area contributed by atoms with E-state index in [4.69, 9.17) is 5.11 Å². The molecule has 0 heterocycles. The van der Waals surface area contributed by atoms with Crippen molar-refractivity contribution in [3.05, 3.63) is 30.1 Å². The van der Waals surface area contributed by atoms with Crippen LogP contribution in [0, 0.1) is 5.82 Å². The highest BCUT2D eigenvalue weighted by Gasteiger charge is 2.10. The summed E-state index contributed by atoms with van der Waals surface area (Å²) in [6.07, 6.45) is -0.118. The molecule has 17 heavy (non-hydrogen) atoms. The summed E-state index contributed by atoms with van der Waals surface area (Å²) in [4.78, 5) is 23.1. The highest BCUT2D eigenvalue weighted by Crippen LogP contribution is 2.08. The number of halogens is 1. The summed E-state index contributed by atoms with van der Waals surface area (Å²) in [5, 5.41) is 11.0. The normalized spacial score (nSPS) is 9.76. The van der Waals surface area contributed by atoms with E-state index in [0.717, 1.165) is 0 Å². The second kappa shape index (κ2) is 5.83. The Kier molecular flexibility index (Phi) is 4.45. The van der Waals surface area contributed by atoms with Crippen molar-refractivity contribution < 1.29 is 19.1 Å². The molecule has 0 saturated heterocycles. The molecule has 1 aromatic rings. The zero-order valence-corrected chi connectivity index (χ0v) is 9.31. The van der Waals surface area contributed by atoms with Gasteiger partial charge in [-0.3, -0.25) is 4.79 Å². The molecular weight excluding hydrogens is 227 g/mol. The number of nitrogens with zero attached hydrogens (tertiary/aromatic N) is 1. The highest BCUT2D eigenvalue weighted by molar-refractivity contribution is 5.89. The number of carbonyl (C=O) groups is 2. The fourth-order valence-corrected chi connectivity index (χ4v) is 1.12. The van der Waals surface area contributed by atoms with Gasteiger partial charge in [0.2, 0.25) is 0 Å². The summed E-state index contributed by atoms with van der Waals surface area (Å²) in [7, 11) is 1.49. The van der Waals surface area contributed by atoms with E-state index in [1.165, 1.54) is 36.2 Å². The number of aliphatic carboxylic acids is 1. The number of hydrogen-bond donors (Lipinski definition) is 2. The minimum atomic E-state index is -0.966. The minimum Gasteiger partial charge on any atom is -0.481 e. The summed E-state index contributed by atoms with van der Waals surface area (Å²) in [5.74, 6) is -1.35. The molecule has 0 saturated carbocycles. The van der Waals surface area contributed by atoms with Crippen LogP contribution in [0.1, 0.15) is 6.42 Å². The Morgan fingerprint density at radius 2 is 1.94 bits per heavy atom. The van der Waals surface area contributed by atoms with Crippen LogP contribution in [0.4, 0.5) is 14.9 Å². The van der Waals surface area contributed by atoms with Crippen LogP contribution in [0.5, 0.6) is 0 Å². The molecule has 0 fully saturated rings. The number of carbonyl (C=O) groups excluding carboxylic acids is 1. The van der Waals surface area contributed by atoms with Crippen molar-refractivity contribution >= 4 is 17.7 Å². The lowest BCUT2D eigenvalue weighted by molar-refractivity contribution is -0.137. The molecule has 0 aliphatic carbocycles. The summed E-state index contributed by atoms with van der Waals surface area (Å²) in [5.41, 5.74) is 0.457. The van der Waals surface area contributed by atoms with Crippen LogP contribution in [-0.2, 0) is 4.79 Å². The molecule has 0 aliphatic heterocycles. The monoisotopic (exact) mass is 240 g/mol. The molecule has 0 bridgehead atoms. The SMILES string of the molecule is CN(CCC(=O)O)C(=O)Nc1ccc(F)cc1. The molecule has 2 amide bonds. The molecule has 1 rings (SSSR count). The standard InChI is InChI=1S/C11H13FN2O3/c1-14(7-6-10(15)16)11(17)13-9-4-2-8(12)3-5-9/h2-5H,6-7H2,1H3,(H,13,17)(H,15,16). The van der Waals surface area contributed by atoms with Gasteiger partial charge in [-0.1, -0.05) is 0 Å². The lowest BCUT2D eigenvalue weighted by atomic mass is 10.3. The van der Waals surface area contributed by atoms with Crippen LogP contribution in [0.15, 0.2) is 24.3 Å². The lowest BCUT2D eigenvalue weighted by Gasteiger charge is -2.16. The van der Waals surface area contributed by atoms with Crippen LogP contribution in [-0.4, -0.2) is 35.6 Å². The van der Waals surface area contributed by atoms with Crippen molar-refractivity contribution in [1.82, 2.24) is 4.90 Å². The second-order valence-electron chi connectivity index (χ2n) is 3.50. The van der Waals surface area contributed by atoms with Gasteiger partial charge in [-0.15, -0.1) is 0 Å². The van der Waals surface area contributed by atoms with Gasteiger partial charge in [0.1, 0.15) is 5.82 Å². The van der Waals surface area contributed by atoms with Gasteiger partial charge in [0, 0.05) is 19.3 Å².